The molecule has 0 saturated carbocycles. The molecule has 0 unspecified atom stereocenters. The number of benzene rings is 7. The maximum atomic E-state index is 6.34. The highest BCUT2D eigenvalue weighted by molar-refractivity contribution is 7.25. The number of thiophene rings is 1. The average Bonchev–Trinajstić information content (AvgIpc) is 3.68. The average molecular weight is 594 g/mol. The Balaban J connectivity index is 1.25. The van der Waals surface area contributed by atoms with Gasteiger partial charge in [-0.25, -0.2) is 0 Å². The third-order valence-corrected chi connectivity index (χ3v) is 9.84. The summed E-state index contributed by atoms with van der Waals surface area (Å²) < 4.78 is 8.94. The van der Waals surface area contributed by atoms with Crippen LogP contribution in [-0.4, -0.2) is 0 Å². The van der Waals surface area contributed by atoms with Crippen LogP contribution in [0.1, 0.15) is 0 Å². The van der Waals surface area contributed by atoms with Gasteiger partial charge in [0, 0.05) is 36.9 Å². The van der Waals surface area contributed by atoms with Gasteiger partial charge in [-0.05, 0) is 76.9 Å². The lowest BCUT2D eigenvalue weighted by atomic mass is 9.94. The predicted molar refractivity (Wildman–Crippen MR) is 192 cm³/mol. The summed E-state index contributed by atoms with van der Waals surface area (Å²) in [6.07, 6.45) is 0. The van der Waals surface area contributed by atoms with Crippen molar-refractivity contribution in [1.82, 2.24) is 0 Å². The van der Waals surface area contributed by atoms with Crippen molar-refractivity contribution in [1.29, 1.82) is 0 Å². The minimum atomic E-state index is 0.883. The van der Waals surface area contributed by atoms with Gasteiger partial charge in [0.2, 0.25) is 0 Å². The molecule has 0 N–H and O–H groups in total. The van der Waals surface area contributed by atoms with E-state index in [9.17, 15) is 0 Å². The third-order valence-electron chi connectivity index (χ3n) is 8.69. The van der Waals surface area contributed by atoms with Crippen molar-refractivity contribution >= 4 is 70.5 Å². The Hall–Kier alpha value is -5.64. The van der Waals surface area contributed by atoms with Gasteiger partial charge in [0.1, 0.15) is 11.2 Å². The molecular weight excluding hydrogens is 567 g/mol. The van der Waals surface area contributed by atoms with Crippen LogP contribution in [0, 0.1) is 0 Å². The minimum Gasteiger partial charge on any atom is -0.456 e. The maximum absolute atomic E-state index is 6.34. The quantitative estimate of drug-likeness (QED) is 0.197. The molecule has 7 aromatic carbocycles. The molecule has 212 valence electrons. The molecule has 3 heteroatoms. The van der Waals surface area contributed by atoms with Crippen LogP contribution in [-0.2, 0) is 0 Å². The van der Waals surface area contributed by atoms with Crippen LogP contribution in [0.4, 0.5) is 17.1 Å². The second-order valence-corrected chi connectivity index (χ2v) is 12.4. The highest BCUT2D eigenvalue weighted by Crippen LogP contribution is 2.45. The van der Waals surface area contributed by atoms with E-state index in [-0.39, 0.29) is 0 Å². The number of para-hydroxylation sites is 1. The van der Waals surface area contributed by atoms with E-state index in [4.69, 9.17) is 4.42 Å². The molecule has 9 rings (SSSR count). The summed E-state index contributed by atoms with van der Waals surface area (Å²) in [4.78, 5) is 2.38. The maximum Gasteiger partial charge on any atom is 0.137 e. The van der Waals surface area contributed by atoms with E-state index in [0.717, 1.165) is 39.0 Å². The molecule has 0 spiro atoms. The van der Waals surface area contributed by atoms with Gasteiger partial charge >= 0.3 is 0 Å². The van der Waals surface area contributed by atoms with Gasteiger partial charge in [0.25, 0.3) is 0 Å². The van der Waals surface area contributed by atoms with Gasteiger partial charge in [-0.2, -0.15) is 0 Å². The van der Waals surface area contributed by atoms with Crippen molar-refractivity contribution < 1.29 is 4.42 Å². The van der Waals surface area contributed by atoms with E-state index < -0.39 is 0 Å². The standard InChI is InChI=1S/C42H27NOS/c1-2-11-28(12-3-1)32-13-4-5-14-33(32)29-21-23-30(24-22-29)43(31-25-26-41-36(27-31)34-15-7-9-20-40(34)45-41)37-17-10-19-39-42(37)35-16-6-8-18-38(35)44-39/h1-27H. The van der Waals surface area contributed by atoms with Gasteiger partial charge < -0.3 is 9.32 Å². The third kappa shape index (κ3) is 4.32. The van der Waals surface area contributed by atoms with Crippen LogP contribution in [0.5, 0.6) is 0 Å². The molecule has 2 nitrogen and oxygen atoms in total. The normalized spacial score (nSPS) is 11.6. The van der Waals surface area contributed by atoms with Crippen LogP contribution < -0.4 is 4.90 Å². The highest BCUT2D eigenvalue weighted by atomic mass is 32.1. The molecule has 0 amide bonds. The molecule has 0 aliphatic heterocycles. The van der Waals surface area contributed by atoms with E-state index in [2.05, 4.69) is 157 Å². The lowest BCUT2D eigenvalue weighted by molar-refractivity contribution is 0.669. The molecule has 0 saturated heterocycles. The molecule has 2 aromatic heterocycles. The lowest BCUT2D eigenvalue weighted by Gasteiger charge is -2.26. The molecule has 9 aromatic rings. The Morgan fingerprint density at radius 1 is 0.422 bits per heavy atom. The van der Waals surface area contributed by atoms with E-state index in [1.807, 2.05) is 23.5 Å². The first kappa shape index (κ1) is 25.8. The molecule has 0 fully saturated rings. The monoisotopic (exact) mass is 593 g/mol. The summed E-state index contributed by atoms with van der Waals surface area (Å²) in [5.74, 6) is 0. The van der Waals surface area contributed by atoms with Gasteiger partial charge in [-0.3, -0.25) is 0 Å². The van der Waals surface area contributed by atoms with Crippen molar-refractivity contribution in [3.05, 3.63) is 164 Å². The first-order valence-electron chi connectivity index (χ1n) is 15.2. The molecule has 0 bridgehead atoms. The second kappa shape index (κ2) is 10.5. The summed E-state index contributed by atoms with van der Waals surface area (Å²) in [7, 11) is 0. The number of furan rings is 1. The first-order valence-corrected chi connectivity index (χ1v) is 16.0. The second-order valence-electron chi connectivity index (χ2n) is 11.3. The van der Waals surface area contributed by atoms with E-state index >= 15 is 0 Å². The number of fused-ring (bicyclic) bond motifs is 6. The van der Waals surface area contributed by atoms with Crippen LogP contribution in [0.15, 0.2) is 168 Å². The number of nitrogens with zero attached hydrogens (tertiary/aromatic N) is 1. The lowest BCUT2D eigenvalue weighted by Crippen LogP contribution is -2.10. The van der Waals surface area contributed by atoms with Crippen molar-refractivity contribution in [2.24, 2.45) is 0 Å². The molecule has 0 aliphatic carbocycles. The molecule has 0 radical (unpaired) electrons. The van der Waals surface area contributed by atoms with Crippen molar-refractivity contribution in [2.75, 3.05) is 4.90 Å². The van der Waals surface area contributed by atoms with E-state index in [1.54, 1.807) is 0 Å². The molecule has 0 atom stereocenters. The van der Waals surface area contributed by atoms with E-state index in [0.29, 0.717) is 0 Å². The Bertz CT molecular complexity index is 2490. The zero-order chi connectivity index (χ0) is 29.7. The number of hydrogen-bond donors (Lipinski definition) is 0. The van der Waals surface area contributed by atoms with Crippen molar-refractivity contribution in [3.63, 3.8) is 0 Å². The van der Waals surface area contributed by atoms with E-state index in [1.165, 1.54) is 42.4 Å². The van der Waals surface area contributed by atoms with Crippen LogP contribution in [0.2, 0.25) is 0 Å². The Morgan fingerprint density at radius 2 is 1.04 bits per heavy atom. The first-order chi connectivity index (χ1) is 22.3. The van der Waals surface area contributed by atoms with Gasteiger partial charge in [0.05, 0.1) is 11.1 Å². The van der Waals surface area contributed by atoms with Crippen LogP contribution in [0.25, 0.3) is 64.4 Å². The largest absolute Gasteiger partial charge is 0.456 e. The van der Waals surface area contributed by atoms with Crippen LogP contribution in [0.3, 0.4) is 0 Å². The fourth-order valence-corrected chi connectivity index (χ4v) is 7.70. The SMILES string of the molecule is c1ccc(-c2ccccc2-c2ccc(N(c3ccc4sc5ccccc5c4c3)c3cccc4oc5ccccc5c34)cc2)cc1. The predicted octanol–water partition coefficient (Wildman–Crippen LogP) is 12.8. The van der Waals surface area contributed by atoms with Crippen molar-refractivity contribution in [3.8, 4) is 22.3 Å². The summed E-state index contributed by atoms with van der Waals surface area (Å²) in [5.41, 5.74) is 9.92. The molecule has 0 aliphatic rings. The zero-order valence-electron chi connectivity index (χ0n) is 24.4. The Labute approximate surface area is 265 Å². The van der Waals surface area contributed by atoms with Crippen LogP contribution >= 0.6 is 11.3 Å². The number of anilines is 3. The fraction of sp³-hybridized carbons (Fsp3) is 0. The smallest absolute Gasteiger partial charge is 0.137 e. The van der Waals surface area contributed by atoms with Gasteiger partial charge in [0.15, 0.2) is 0 Å². The van der Waals surface area contributed by atoms with Gasteiger partial charge in [-0.15, -0.1) is 11.3 Å². The topological polar surface area (TPSA) is 16.4 Å². The minimum absolute atomic E-state index is 0.883. The highest BCUT2D eigenvalue weighted by Gasteiger charge is 2.20. The Morgan fingerprint density at radius 3 is 1.87 bits per heavy atom. The molecule has 45 heavy (non-hydrogen) atoms. The van der Waals surface area contributed by atoms with Crippen molar-refractivity contribution in [2.45, 2.75) is 0 Å². The number of rotatable bonds is 5. The molecule has 2 heterocycles. The zero-order valence-corrected chi connectivity index (χ0v) is 25.2. The summed E-state index contributed by atoms with van der Waals surface area (Å²) in [6, 6.07) is 58.5. The Kier molecular flexibility index (Phi) is 6.03. The summed E-state index contributed by atoms with van der Waals surface area (Å²) >= 11 is 1.85. The summed E-state index contributed by atoms with van der Waals surface area (Å²) in [6.45, 7) is 0. The van der Waals surface area contributed by atoms with Gasteiger partial charge in [-0.1, -0.05) is 109 Å². The fourth-order valence-electron chi connectivity index (χ4n) is 6.62. The molecular formula is C42H27NOS. The number of hydrogen-bond acceptors (Lipinski definition) is 3. The summed E-state index contributed by atoms with van der Waals surface area (Å²) in [5, 5.41) is 4.79.